The number of rotatable bonds is 6. The van der Waals surface area contributed by atoms with Crippen LogP contribution in [-0.4, -0.2) is 25.9 Å². The molecule has 0 atom stereocenters. The Bertz CT molecular complexity index is 1210. The van der Waals surface area contributed by atoms with E-state index in [0.717, 1.165) is 5.56 Å². The Morgan fingerprint density at radius 1 is 1.24 bits per heavy atom. The van der Waals surface area contributed by atoms with Crippen LogP contribution in [0.4, 0.5) is 0 Å². The lowest BCUT2D eigenvalue weighted by Crippen LogP contribution is -2.28. The average molecular weight is 410 g/mol. The van der Waals surface area contributed by atoms with E-state index in [9.17, 15) is 9.59 Å². The highest BCUT2D eigenvalue weighted by Gasteiger charge is 2.19. The van der Waals surface area contributed by atoms with Gasteiger partial charge in [0.15, 0.2) is 12.3 Å². The van der Waals surface area contributed by atoms with Gasteiger partial charge in [0.2, 0.25) is 5.82 Å². The molecule has 0 saturated heterocycles. The van der Waals surface area contributed by atoms with Gasteiger partial charge in [-0.2, -0.15) is 21.4 Å². The Morgan fingerprint density at radius 2 is 2.03 bits per heavy atom. The predicted molar refractivity (Wildman–Crippen MR) is 108 cm³/mol. The Morgan fingerprint density at radius 3 is 2.76 bits per heavy atom. The maximum Gasteiger partial charge on any atom is 0.359 e. The molecule has 0 aliphatic heterocycles. The first-order chi connectivity index (χ1) is 14.0. The van der Waals surface area contributed by atoms with Gasteiger partial charge in [-0.3, -0.25) is 4.79 Å². The topological polar surface area (TPSA) is 100 Å². The predicted octanol–water partition coefficient (Wildman–Crippen LogP) is 3.52. The summed E-state index contributed by atoms with van der Waals surface area (Å²) in [5.41, 5.74) is 0.686. The van der Waals surface area contributed by atoms with Crippen LogP contribution in [0.2, 0.25) is 0 Å². The van der Waals surface area contributed by atoms with Gasteiger partial charge >= 0.3 is 5.97 Å². The van der Waals surface area contributed by atoms with E-state index in [4.69, 9.17) is 9.26 Å². The number of fused-ring (bicyclic) bond motifs is 1. The Labute approximate surface area is 169 Å². The maximum atomic E-state index is 12.7. The van der Waals surface area contributed by atoms with Crippen molar-refractivity contribution in [1.29, 1.82) is 0 Å². The Hall–Kier alpha value is -3.33. The molecule has 29 heavy (non-hydrogen) atoms. The van der Waals surface area contributed by atoms with Crippen molar-refractivity contribution in [2.75, 3.05) is 0 Å². The molecule has 0 unspecified atom stereocenters. The van der Waals surface area contributed by atoms with E-state index in [1.165, 1.54) is 16.0 Å². The van der Waals surface area contributed by atoms with Crippen molar-refractivity contribution in [3.8, 4) is 11.4 Å². The summed E-state index contributed by atoms with van der Waals surface area (Å²) in [6.07, 6.45) is 0. The minimum absolute atomic E-state index is 0.0819. The van der Waals surface area contributed by atoms with Crippen LogP contribution < -0.4 is 5.56 Å². The summed E-state index contributed by atoms with van der Waals surface area (Å²) in [6, 6.07) is 8.74. The SMILES string of the molecule is CC(C)Cn1nc(C(=O)OCc2nc(-c3ccsc3)no2)c2ccccc2c1=O. The van der Waals surface area contributed by atoms with E-state index in [1.807, 2.05) is 30.7 Å². The number of hydrogen-bond acceptors (Lipinski definition) is 8. The van der Waals surface area contributed by atoms with Gasteiger partial charge in [-0.1, -0.05) is 37.2 Å². The molecule has 0 N–H and O–H groups in total. The fraction of sp³-hybridized carbons (Fsp3) is 0.250. The van der Waals surface area contributed by atoms with Crippen molar-refractivity contribution >= 4 is 28.1 Å². The number of nitrogens with zero attached hydrogens (tertiary/aromatic N) is 4. The molecule has 0 saturated carbocycles. The van der Waals surface area contributed by atoms with E-state index in [-0.39, 0.29) is 29.7 Å². The molecule has 0 radical (unpaired) electrons. The smallest absolute Gasteiger partial charge is 0.359 e. The summed E-state index contributed by atoms with van der Waals surface area (Å²) < 4.78 is 11.8. The zero-order chi connectivity index (χ0) is 20.4. The number of benzene rings is 1. The third-order valence-electron chi connectivity index (χ3n) is 4.17. The molecule has 0 aliphatic carbocycles. The maximum absolute atomic E-state index is 12.7. The second-order valence-electron chi connectivity index (χ2n) is 6.88. The molecular weight excluding hydrogens is 392 g/mol. The summed E-state index contributed by atoms with van der Waals surface area (Å²) >= 11 is 1.52. The van der Waals surface area contributed by atoms with Gasteiger partial charge in [0.1, 0.15) is 0 Å². The van der Waals surface area contributed by atoms with Crippen molar-refractivity contribution in [2.45, 2.75) is 27.0 Å². The molecule has 4 aromatic rings. The molecule has 0 spiro atoms. The first-order valence-corrected chi connectivity index (χ1v) is 9.99. The van der Waals surface area contributed by atoms with Crippen molar-refractivity contribution in [3.05, 3.63) is 63.0 Å². The molecule has 3 aromatic heterocycles. The zero-order valence-electron chi connectivity index (χ0n) is 15.9. The Balaban J connectivity index is 1.60. The number of ether oxygens (including phenoxy) is 1. The monoisotopic (exact) mass is 410 g/mol. The molecular formula is C20H18N4O4S. The molecule has 0 bridgehead atoms. The van der Waals surface area contributed by atoms with Crippen LogP contribution in [0.1, 0.15) is 30.2 Å². The largest absolute Gasteiger partial charge is 0.451 e. The van der Waals surface area contributed by atoms with Crippen molar-refractivity contribution < 1.29 is 14.1 Å². The van der Waals surface area contributed by atoms with Crippen molar-refractivity contribution in [1.82, 2.24) is 19.9 Å². The minimum atomic E-state index is -0.658. The molecule has 4 rings (SSSR count). The molecule has 0 aliphatic rings. The van der Waals surface area contributed by atoms with Gasteiger partial charge in [-0.05, 0) is 23.4 Å². The van der Waals surface area contributed by atoms with Crippen LogP contribution in [0, 0.1) is 5.92 Å². The molecule has 9 heteroatoms. The van der Waals surface area contributed by atoms with Crippen LogP contribution in [0.3, 0.4) is 0 Å². The number of carbonyl (C=O) groups excluding carboxylic acids is 1. The number of esters is 1. The number of carbonyl (C=O) groups is 1. The average Bonchev–Trinajstić information content (AvgIpc) is 3.39. The molecule has 8 nitrogen and oxygen atoms in total. The lowest BCUT2D eigenvalue weighted by molar-refractivity contribution is 0.0422. The van der Waals surface area contributed by atoms with Gasteiger partial charge in [-0.25, -0.2) is 9.48 Å². The third kappa shape index (κ3) is 3.95. The number of thiophene rings is 1. The lowest BCUT2D eigenvalue weighted by Gasteiger charge is -2.11. The normalized spacial score (nSPS) is 11.3. The highest BCUT2D eigenvalue weighted by atomic mass is 32.1. The quantitative estimate of drug-likeness (QED) is 0.448. The van der Waals surface area contributed by atoms with Gasteiger partial charge in [0, 0.05) is 22.9 Å². The zero-order valence-corrected chi connectivity index (χ0v) is 16.7. The first kappa shape index (κ1) is 19.0. The molecule has 3 heterocycles. The summed E-state index contributed by atoms with van der Waals surface area (Å²) in [6.45, 7) is 4.16. The Kier molecular flexibility index (Phi) is 5.22. The lowest BCUT2D eigenvalue weighted by atomic mass is 10.1. The van der Waals surface area contributed by atoms with E-state index in [1.54, 1.807) is 24.3 Å². The fourth-order valence-corrected chi connectivity index (χ4v) is 3.51. The van der Waals surface area contributed by atoms with Gasteiger partial charge < -0.3 is 9.26 Å². The molecule has 0 amide bonds. The minimum Gasteiger partial charge on any atom is -0.451 e. The summed E-state index contributed by atoms with van der Waals surface area (Å²) in [5.74, 6) is 0.152. The first-order valence-electron chi connectivity index (χ1n) is 9.05. The van der Waals surface area contributed by atoms with Crippen LogP contribution in [-0.2, 0) is 17.9 Å². The van der Waals surface area contributed by atoms with Crippen LogP contribution in [0.25, 0.3) is 22.2 Å². The van der Waals surface area contributed by atoms with Gasteiger partial charge in [0.25, 0.3) is 11.4 Å². The van der Waals surface area contributed by atoms with Crippen molar-refractivity contribution in [2.24, 2.45) is 5.92 Å². The fourth-order valence-electron chi connectivity index (χ4n) is 2.87. The molecule has 0 fully saturated rings. The third-order valence-corrected chi connectivity index (χ3v) is 4.86. The number of hydrogen-bond donors (Lipinski definition) is 0. The van der Waals surface area contributed by atoms with Crippen LogP contribution >= 0.6 is 11.3 Å². The van der Waals surface area contributed by atoms with Gasteiger partial charge in [0.05, 0.1) is 5.39 Å². The van der Waals surface area contributed by atoms with E-state index in [2.05, 4.69) is 15.2 Å². The summed E-state index contributed by atoms with van der Waals surface area (Å²) in [4.78, 5) is 29.6. The second kappa shape index (κ2) is 7.96. The van der Waals surface area contributed by atoms with Gasteiger partial charge in [-0.15, -0.1) is 0 Å². The molecule has 1 aromatic carbocycles. The van der Waals surface area contributed by atoms with Crippen molar-refractivity contribution in [3.63, 3.8) is 0 Å². The second-order valence-corrected chi connectivity index (χ2v) is 7.66. The highest BCUT2D eigenvalue weighted by Crippen LogP contribution is 2.19. The molecule has 148 valence electrons. The van der Waals surface area contributed by atoms with E-state index in [0.29, 0.717) is 23.1 Å². The van der Waals surface area contributed by atoms with Crippen LogP contribution in [0.5, 0.6) is 0 Å². The standard InChI is InChI=1S/C20H18N4O4S/c1-12(2)9-24-19(25)15-6-4-3-5-14(15)17(22-24)20(26)27-10-16-21-18(23-28-16)13-7-8-29-11-13/h3-8,11-12H,9-10H2,1-2H3. The van der Waals surface area contributed by atoms with E-state index < -0.39 is 5.97 Å². The number of aromatic nitrogens is 4. The van der Waals surface area contributed by atoms with E-state index >= 15 is 0 Å². The highest BCUT2D eigenvalue weighted by molar-refractivity contribution is 7.08. The summed E-state index contributed by atoms with van der Waals surface area (Å²) in [7, 11) is 0. The summed E-state index contributed by atoms with van der Waals surface area (Å²) in [5, 5.41) is 12.8. The van der Waals surface area contributed by atoms with Crippen LogP contribution in [0.15, 0.2) is 50.4 Å².